The van der Waals surface area contributed by atoms with Crippen LogP contribution in [0.3, 0.4) is 0 Å². The molecule has 1 amide bonds. The minimum atomic E-state index is -0.633. The van der Waals surface area contributed by atoms with Gasteiger partial charge >= 0.3 is 6.09 Å². The summed E-state index contributed by atoms with van der Waals surface area (Å²) in [6.07, 6.45) is 3.36. The molecule has 1 aliphatic rings. The van der Waals surface area contributed by atoms with Crippen molar-refractivity contribution in [1.29, 1.82) is 0 Å². The number of benzene rings is 1. The Morgan fingerprint density at radius 2 is 1.86 bits per heavy atom. The van der Waals surface area contributed by atoms with Gasteiger partial charge < -0.3 is 10.1 Å². The Balaban J connectivity index is 1.64. The first-order valence-electron chi connectivity index (χ1n) is 8.40. The third-order valence-electron chi connectivity index (χ3n) is 4.21. The van der Waals surface area contributed by atoms with Crippen molar-refractivity contribution in [3.05, 3.63) is 95.1 Å². The van der Waals surface area contributed by atoms with Crippen molar-refractivity contribution in [3.63, 3.8) is 0 Å². The van der Waals surface area contributed by atoms with Gasteiger partial charge in [0.2, 0.25) is 0 Å². The van der Waals surface area contributed by atoms with Gasteiger partial charge in [-0.1, -0.05) is 18.1 Å². The number of hydrogen-bond donors (Lipinski definition) is 1. The van der Waals surface area contributed by atoms with Crippen LogP contribution < -0.4 is 5.32 Å². The normalized spacial score (nSPS) is 18.0. The van der Waals surface area contributed by atoms with Crippen molar-refractivity contribution < 1.29 is 18.3 Å². The molecule has 28 heavy (non-hydrogen) atoms. The molecule has 0 aliphatic carbocycles. The summed E-state index contributed by atoms with van der Waals surface area (Å²) in [5.41, 5.74) is 1.88. The maximum Gasteiger partial charge on any atom is 0.408 e. The molecule has 4 rings (SSSR count). The summed E-state index contributed by atoms with van der Waals surface area (Å²) in [5, 5.41) is 2.73. The van der Waals surface area contributed by atoms with Crippen molar-refractivity contribution in [3.8, 4) is 11.8 Å². The molecular weight excluding hydrogens is 364 g/mol. The number of carbonyl (C=O) groups is 1. The van der Waals surface area contributed by atoms with Crippen molar-refractivity contribution in [2.45, 2.75) is 12.1 Å². The molecule has 2 atom stereocenters. The minimum absolute atomic E-state index is 0.0367. The standard InChI is InChI=1S/C21H13F2N3O2/c22-16-6-4-14(5-7-16)20-19(26-21(27)28-20)15-10-13(11-24-12-15)3-8-18-17(23)2-1-9-25-18/h1-2,4-7,9-12,19-20H,(H,26,27)/t19-,20-/m1/s1. The smallest absolute Gasteiger partial charge is 0.408 e. The molecule has 1 aromatic carbocycles. The van der Waals surface area contributed by atoms with Crippen LogP contribution in [0.5, 0.6) is 0 Å². The van der Waals surface area contributed by atoms with E-state index in [0.29, 0.717) is 16.7 Å². The Morgan fingerprint density at radius 3 is 2.64 bits per heavy atom. The number of ether oxygens (including phenoxy) is 1. The summed E-state index contributed by atoms with van der Waals surface area (Å²) in [6, 6.07) is 9.73. The third kappa shape index (κ3) is 3.67. The van der Waals surface area contributed by atoms with Gasteiger partial charge in [-0.2, -0.15) is 0 Å². The highest BCUT2D eigenvalue weighted by molar-refractivity contribution is 5.71. The number of cyclic esters (lactones) is 1. The van der Waals surface area contributed by atoms with Gasteiger partial charge in [-0.3, -0.25) is 4.98 Å². The highest BCUT2D eigenvalue weighted by atomic mass is 19.1. The van der Waals surface area contributed by atoms with E-state index in [2.05, 4.69) is 27.1 Å². The molecule has 0 radical (unpaired) electrons. The molecule has 2 aromatic heterocycles. The molecule has 138 valence electrons. The van der Waals surface area contributed by atoms with Crippen LogP contribution in [0.1, 0.15) is 34.5 Å². The van der Waals surface area contributed by atoms with Crippen molar-refractivity contribution in [2.75, 3.05) is 0 Å². The van der Waals surface area contributed by atoms with Gasteiger partial charge in [0.15, 0.2) is 11.9 Å². The largest absolute Gasteiger partial charge is 0.439 e. The monoisotopic (exact) mass is 377 g/mol. The number of pyridine rings is 2. The van der Waals surface area contributed by atoms with E-state index in [1.165, 1.54) is 36.7 Å². The lowest BCUT2D eigenvalue weighted by molar-refractivity contribution is 0.132. The Morgan fingerprint density at radius 1 is 1.04 bits per heavy atom. The van der Waals surface area contributed by atoms with Crippen LogP contribution in [-0.4, -0.2) is 16.1 Å². The van der Waals surface area contributed by atoms with E-state index in [4.69, 9.17) is 4.74 Å². The SMILES string of the molecule is O=C1N[C@H](c2cncc(C#Cc3ncccc3F)c2)[C@@H](c2ccc(F)cc2)O1. The molecule has 0 saturated carbocycles. The van der Waals surface area contributed by atoms with Crippen molar-refractivity contribution >= 4 is 6.09 Å². The van der Waals surface area contributed by atoms with Crippen LogP contribution in [0.25, 0.3) is 0 Å². The fraction of sp³-hybridized carbons (Fsp3) is 0.0952. The average molecular weight is 377 g/mol. The van der Waals surface area contributed by atoms with Crippen LogP contribution >= 0.6 is 0 Å². The van der Waals surface area contributed by atoms with E-state index in [1.54, 1.807) is 24.4 Å². The van der Waals surface area contributed by atoms with Crippen molar-refractivity contribution in [2.24, 2.45) is 0 Å². The first-order valence-corrected chi connectivity index (χ1v) is 8.40. The van der Waals surface area contributed by atoms with E-state index in [0.717, 1.165) is 0 Å². The fourth-order valence-corrected chi connectivity index (χ4v) is 2.90. The Bertz CT molecular complexity index is 1090. The van der Waals surface area contributed by atoms with Crippen LogP contribution in [0.15, 0.2) is 61.1 Å². The van der Waals surface area contributed by atoms with Crippen LogP contribution in [0.2, 0.25) is 0 Å². The van der Waals surface area contributed by atoms with E-state index in [9.17, 15) is 13.6 Å². The van der Waals surface area contributed by atoms with Gasteiger partial charge in [-0.25, -0.2) is 18.6 Å². The third-order valence-corrected chi connectivity index (χ3v) is 4.21. The summed E-state index contributed by atoms with van der Waals surface area (Å²) in [6.45, 7) is 0. The number of nitrogens with zero attached hydrogens (tertiary/aromatic N) is 2. The predicted octanol–water partition coefficient (Wildman–Crippen LogP) is 3.68. The summed E-state index contributed by atoms with van der Waals surface area (Å²) in [7, 11) is 0. The number of aromatic nitrogens is 2. The number of halogens is 2. The number of carbonyl (C=O) groups excluding carboxylic acids is 1. The van der Waals surface area contributed by atoms with Crippen molar-refractivity contribution in [1.82, 2.24) is 15.3 Å². The fourth-order valence-electron chi connectivity index (χ4n) is 2.90. The van der Waals surface area contributed by atoms with E-state index < -0.39 is 24.1 Å². The Labute approximate surface area is 159 Å². The van der Waals surface area contributed by atoms with Gasteiger partial charge in [-0.05, 0) is 47.4 Å². The molecule has 3 aromatic rings. The number of nitrogens with one attached hydrogen (secondary N) is 1. The molecule has 1 saturated heterocycles. The Kier molecular flexibility index (Phi) is 4.68. The van der Waals surface area contributed by atoms with E-state index in [-0.39, 0.29) is 11.5 Å². The second-order valence-corrected chi connectivity index (χ2v) is 6.09. The zero-order valence-electron chi connectivity index (χ0n) is 14.4. The lowest BCUT2D eigenvalue weighted by Crippen LogP contribution is -2.19. The summed E-state index contributed by atoms with van der Waals surface area (Å²) in [5.74, 6) is 4.61. The molecule has 7 heteroatoms. The first-order chi connectivity index (χ1) is 13.6. The summed E-state index contributed by atoms with van der Waals surface area (Å²) >= 11 is 0. The van der Waals surface area contributed by atoms with Gasteiger partial charge in [0.05, 0.1) is 0 Å². The lowest BCUT2D eigenvalue weighted by Gasteiger charge is -2.17. The highest BCUT2D eigenvalue weighted by Gasteiger charge is 2.36. The number of alkyl carbamates (subject to hydrolysis) is 1. The number of rotatable bonds is 2. The molecule has 0 unspecified atom stereocenters. The van der Waals surface area contributed by atoms with Gasteiger partial charge in [0.25, 0.3) is 0 Å². The van der Waals surface area contributed by atoms with Crippen LogP contribution in [-0.2, 0) is 4.74 Å². The van der Waals surface area contributed by atoms with Crippen LogP contribution in [0.4, 0.5) is 13.6 Å². The number of hydrogen-bond acceptors (Lipinski definition) is 4. The molecule has 1 N–H and O–H groups in total. The average Bonchev–Trinajstić information content (AvgIpc) is 3.10. The maximum absolute atomic E-state index is 13.7. The number of amides is 1. The molecule has 1 aliphatic heterocycles. The highest BCUT2D eigenvalue weighted by Crippen LogP contribution is 2.36. The second-order valence-electron chi connectivity index (χ2n) is 6.09. The zero-order chi connectivity index (χ0) is 19.5. The second kappa shape index (κ2) is 7.45. The molecule has 0 spiro atoms. The zero-order valence-corrected chi connectivity index (χ0v) is 14.4. The molecule has 3 heterocycles. The van der Waals surface area contributed by atoms with E-state index in [1.807, 2.05) is 0 Å². The molecule has 0 bridgehead atoms. The van der Waals surface area contributed by atoms with Gasteiger partial charge in [0, 0.05) is 24.2 Å². The molecule has 1 fully saturated rings. The summed E-state index contributed by atoms with van der Waals surface area (Å²) < 4.78 is 32.2. The topological polar surface area (TPSA) is 64.1 Å². The van der Waals surface area contributed by atoms with Crippen LogP contribution in [0, 0.1) is 23.5 Å². The quantitative estimate of drug-likeness (QED) is 0.692. The van der Waals surface area contributed by atoms with Gasteiger partial charge in [0.1, 0.15) is 17.6 Å². The summed E-state index contributed by atoms with van der Waals surface area (Å²) in [4.78, 5) is 19.8. The lowest BCUT2D eigenvalue weighted by atomic mass is 9.97. The molecular formula is C21H13F2N3O2. The first kappa shape index (κ1) is 17.6. The van der Waals surface area contributed by atoms with Gasteiger partial charge in [-0.15, -0.1) is 0 Å². The Hall–Kier alpha value is -3.79. The van der Waals surface area contributed by atoms with E-state index >= 15 is 0 Å². The predicted molar refractivity (Wildman–Crippen MR) is 95.9 cm³/mol. The minimum Gasteiger partial charge on any atom is -0.439 e. The molecule has 5 nitrogen and oxygen atoms in total. The maximum atomic E-state index is 13.7.